The van der Waals surface area contributed by atoms with Crippen molar-refractivity contribution in [1.82, 2.24) is 10.6 Å². The monoisotopic (exact) mass is 175 g/mol. The third-order valence-corrected chi connectivity index (χ3v) is 0.962. The van der Waals surface area contributed by atoms with Gasteiger partial charge in [0, 0.05) is 0 Å². The van der Waals surface area contributed by atoms with Crippen molar-refractivity contribution in [3.05, 3.63) is 0 Å². The summed E-state index contributed by atoms with van der Waals surface area (Å²) < 4.78 is 4.82. The number of amides is 2. The van der Waals surface area contributed by atoms with Crippen LogP contribution >= 0.6 is 0 Å². The predicted molar refractivity (Wildman–Crippen MR) is 41.8 cm³/mol. The zero-order valence-electron chi connectivity index (χ0n) is 6.87. The normalized spacial score (nSPS) is 11.8. The molecule has 6 nitrogen and oxygen atoms in total. The molecule has 0 radical (unpaired) electrons. The summed E-state index contributed by atoms with van der Waals surface area (Å²) in [6.07, 6.45) is 0.0377. The van der Waals surface area contributed by atoms with Gasteiger partial charge in [-0.1, -0.05) is 0 Å². The lowest BCUT2D eigenvalue weighted by molar-refractivity contribution is -0.124. The molecule has 0 bridgehead atoms. The smallest absolute Gasteiger partial charge is 0.241 e. The van der Waals surface area contributed by atoms with Gasteiger partial charge in [0.2, 0.25) is 12.3 Å². The zero-order valence-corrected chi connectivity index (χ0v) is 6.87. The quantitative estimate of drug-likeness (QED) is 0.325. The standard InChI is InChI=1S/C6H13N3O3/c1-5(7)12-4-9-6(11)2-8-3-10/h3,5H,2,4,7H2,1H3,(H,8,10)(H,9,11). The van der Waals surface area contributed by atoms with E-state index in [1.807, 2.05) is 0 Å². The molecule has 0 heterocycles. The summed E-state index contributed by atoms with van der Waals surface area (Å²) in [7, 11) is 0. The lowest BCUT2D eigenvalue weighted by atomic mass is 10.6. The van der Waals surface area contributed by atoms with Crippen LogP contribution in [0.3, 0.4) is 0 Å². The average Bonchev–Trinajstić information content (AvgIpc) is 2.00. The van der Waals surface area contributed by atoms with Gasteiger partial charge in [0.15, 0.2) is 0 Å². The molecular weight excluding hydrogens is 162 g/mol. The van der Waals surface area contributed by atoms with Crippen molar-refractivity contribution in [3.63, 3.8) is 0 Å². The van der Waals surface area contributed by atoms with Gasteiger partial charge in [-0.2, -0.15) is 0 Å². The first-order valence-corrected chi connectivity index (χ1v) is 3.47. The van der Waals surface area contributed by atoms with Crippen LogP contribution < -0.4 is 16.4 Å². The van der Waals surface area contributed by atoms with Crippen molar-refractivity contribution < 1.29 is 14.3 Å². The molecule has 1 atom stereocenters. The summed E-state index contributed by atoms with van der Waals surface area (Å²) in [6.45, 7) is 1.65. The van der Waals surface area contributed by atoms with Crippen molar-refractivity contribution >= 4 is 12.3 Å². The molecule has 2 amide bonds. The van der Waals surface area contributed by atoms with Crippen LogP contribution in [0.15, 0.2) is 0 Å². The van der Waals surface area contributed by atoms with E-state index in [0.29, 0.717) is 6.41 Å². The van der Waals surface area contributed by atoms with E-state index in [9.17, 15) is 9.59 Å². The fourth-order valence-electron chi connectivity index (χ4n) is 0.450. The highest BCUT2D eigenvalue weighted by atomic mass is 16.5. The highest BCUT2D eigenvalue weighted by Crippen LogP contribution is 1.75. The molecule has 70 valence electrons. The lowest BCUT2D eigenvalue weighted by Crippen LogP contribution is -2.36. The maximum atomic E-state index is 10.7. The largest absolute Gasteiger partial charge is 0.350 e. The van der Waals surface area contributed by atoms with Crippen LogP contribution in [0.4, 0.5) is 0 Å². The van der Waals surface area contributed by atoms with E-state index in [-0.39, 0.29) is 19.2 Å². The molecule has 0 aliphatic rings. The Hall–Kier alpha value is -1.14. The molecule has 0 aromatic rings. The molecule has 0 aliphatic carbocycles. The number of hydrogen-bond donors (Lipinski definition) is 3. The van der Waals surface area contributed by atoms with Crippen molar-refractivity contribution in [2.75, 3.05) is 13.3 Å². The second-order valence-electron chi connectivity index (χ2n) is 2.11. The van der Waals surface area contributed by atoms with E-state index in [4.69, 9.17) is 10.5 Å². The van der Waals surface area contributed by atoms with Crippen LogP contribution in [0, 0.1) is 0 Å². The fraction of sp³-hybridized carbons (Fsp3) is 0.667. The van der Waals surface area contributed by atoms with Crippen LogP contribution in [-0.2, 0) is 14.3 Å². The maximum absolute atomic E-state index is 10.7. The molecule has 12 heavy (non-hydrogen) atoms. The van der Waals surface area contributed by atoms with Crippen LogP contribution in [0.1, 0.15) is 6.92 Å². The van der Waals surface area contributed by atoms with E-state index in [1.54, 1.807) is 6.92 Å². The molecule has 4 N–H and O–H groups in total. The van der Waals surface area contributed by atoms with Gasteiger partial charge in [-0.15, -0.1) is 0 Å². The first-order chi connectivity index (χ1) is 5.66. The van der Waals surface area contributed by atoms with Gasteiger partial charge >= 0.3 is 0 Å². The Balaban J connectivity index is 3.25. The molecule has 0 aliphatic heterocycles. The van der Waals surface area contributed by atoms with E-state index in [0.717, 1.165) is 0 Å². The maximum Gasteiger partial charge on any atom is 0.241 e. The fourth-order valence-corrected chi connectivity index (χ4v) is 0.450. The topological polar surface area (TPSA) is 93.4 Å². The van der Waals surface area contributed by atoms with Crippen molar-refractivity contribution in [2.24, 2.45) is 5.73 Å². The Morgan fingerprint density at radius 1 is 1.75 bits per heavy atom. The third-order valence-electron chi connectivity index (χ3n) is 0.962. The Morgan fingerprint density at radius 3 is 2.92 bits per heavy atom. The highest BCUT2D eigenvalue weighted by molar-refractivity contribution is 5.79. The van der Waals surface area contributed by atoms with E-state index in [2.05, 4.69) is 10.6 Å². The molecular formula is C6H13N3O3. The number of nitrogens with one attached hydrogen (secondary N) is 2. The third kappa shape index (κ3) is 6.97. The Morgan fingerprint density at radius 2 is 2.42 bits per heavy atom. The number of nitrogens with two attached hydrogens (primary N) is 1. The molecule has 6 heteroatoms. The van der Waals surface area contributed by atoms with E-state index < -0.39 is 6.23 Å². The van der Waals surface area contributed by atoms with E-state index in [1.165, 1.54) is 0 Å². The minimum absolute atomic E-state index is 0.0498. The number of hydrogen-bond acceptors (Lipinski definition) is 4. The Labute approximate surface area is 70.4 Å². The van der Waals surface area contributed by atoms with Gasteiger partial charge in [0.1, 0.15) is 13.0 Å². The summed E-state index contributed by atoms with van der Waals surface area (Å²) in [4.78, 5) is 20.5. The minimum Gasteiger partial charge on any atom is -0.350 e. The van der Waals surface area contributed by atoms with Crippen molar-refractivity contribution in [3.8, 4) is 0 Å². The summed E-state index contributed by atoms with van der Waals surface area (Å²) in [6, 6.07) is 0. The molecule has 0 saturated heterocycles. The van der Waals surface area contributed by atoms with Crippen molar-refractivity contribution in [1.29, 1.82) is 0 Å². The van der Waals surface area contributed by atoms with Crippen LogP contribution in [0.2, 0.25) is 0 Å². The van der Waals surface area contributed by atoms with Gasteiger partial charge in [-0.05, 0) is 6.92 Å². The average molecular weight is 175 g/mol. The second-order valence-corrected chi connectivity index (χ2v) is 2.11. The second kappa shape index (κ2) is 6.56. The number of rotatable bonds is 6. The first-order valence-electron chi connectivity index (χ1n) is 3.47. The van der Waals surface area contributed by atoms with Gasteiger partial charge < -0.3 is 21.1 Å². The zero-order chi connectivity index (χ0) is 9.40. The molecule has 1 unspecified atom stereocenters. The van der Waals surface area contributed by atoms with E-state index >= 15 is 0 Å². The summed E-state index contributed by atoms with van der Waals surface area (Å²) in [5.41, 5.74) is 5.23. The SMILES string of the molecule is CC(N)OCNC(=O)CNC=O. The summed E-state index contributed by atoms with van der Waals surface area (Å²) >= 11 is 0. The van der Waals surface area contributed by atoms with Gasteiger partial charge in [-0.3, -0.25) is 9.59 Å². The number of ether oxygens (including phenoxy) is 1. The first kappa shape index (κ1) is 10.9. The Kier molecular flexibility index (Phi) is 5.94. The summed E-state index contributed by atoms with van der Waals surface area (Å²) in [5.74, 6) is -0.317. The van der Waals surface area contributed by atoms with Crippen LogP contribution in [0.25, 0.3) is 0 Å². The van der Waals surface area contributed by atoms with Crippen LogP contribution in [0.5, 0.6) is 0 Å². The highest BCUT2D eigenvalue weighted by Gasteiger charge is 1.98. The number of carbonyl (C=O) groups is 2. The molecule has 0 fully saturated rings. The summed E-state index contributed by atoms with van der Waals surface area (Å²) in [5, 5.41) is 4.59. The molecule has 0 aromatic carbocycles. The van der Waals surface area contributed by atoms with Gasteiger partial charge in [0.05, 0.1) is 6.54 Å². The molecule has 0 rings (SSSR count). The Bertz CT molecular complexity index is 149. The minimum atomic E-state index is -0.413. The predicted octanol–water partition coefficient (Wildman–Crippen LogP) is -1.87. The molecule has 0 aromatic heterocycles. The van der Waals surface area contributed by atoms with Crippen LogP contribution in [-0.4, -0.2) is 31.8 Å². The number of carbonyl (C=O) groups excluding carboxylic acids is 2. The van der Waals surface area contributed by atoms with Gasteiger partial charge in [-0.25, -0.2) is 0 Å². The van der Waals surface area contributed by atoms with Crippen molar-refractivity contribution in [2.45, 2.75) is 13.2 Å². The molecule has 0 saturated carbocycles. The lowest BCUT2D eigenvalue weighted by Gasteiger charge is -2.08. The molecule has 0 spiro atoms. The van der Waals surface area contributed by atoms with Gasteiger partial charge in [0.25, 0.3) is 0 Å².